The largest absolute Gasteiger partial charge is 0.490 e. The zero-order valence-corrected chi connectivity index (χ0v) is 13.4. The first-order valence-electron chi connectivity index (χ1n) is 7.21. The highest BCUT2D eigenvalue weighted by molar-refractivity contribution is 9.08. The van der Waals surface area contributed by atoms with Gasteiger partial charge in [-0.05, 0) is 38.2 Å². The average molecular weight is 327 g/mol. The fraction of sp³-hybridized carbons (Fsp3) is 0.625. The van der Waals surface area contributed by atoms with Crippen molar-refractivity contribution in [2.75, 3.05) is 6.61 Å². The molecule has 0 amide bonds. The van der Waals surface area contributed by atoms with Gasteiger partial charge in [0.15, 0.2) is 11.5 Å². The lowest BCUT2D eigenvalue weighted by Crippen LogP contribution is -2.24. The summed E-state index contributed by atoms with van der Waals surface area (Å²) in [4.78, 5) is 0. The lowest BCUT2D eigenvalue weighted by Gasteiger charge is -2.28. The zero-order valence-electron chi connectivity index (χ0n) is 11.8. The third kappa shape index (κ3) is 3.88. The van der Waals surface area contributed by atoms with Gasteiger partial charge in [-0.3, -0.25) is 0 Å². The van der Waals surface area contributed by atoms with Crippen molar-refractivity contribution in [3.8, 4) is 11.5 Å². The fourth-order valence-corrected chi connectivity index (χ4v) is 3.16. The van der Waals surface area contributed by atoms with E-state index in [1.54, 1.807) is 0 Å². The number of hydrogen-bond donors (Lipinski definition) is 0. The van der Waals surface area contributed by atoms with Crippen molar-refractivity contribution in [3.63, 3.8) is 0 Å². The van der Waals surface area contributed by atoms with Gasteiger partial charge < -0.3 is 9.47 Å². The second-order valence-corrected chi connectivity index (χ2v) is 5.88. The smallest absolute Gasteiger partial charge is 0.165 e. The molecule has 1 aliphatic carbocycles. The fourth-order valence-electron chi connectivity index (χ4n) is 2.72. The van der Waals surface area contributed by atoms with Crippen molar-refractivity contribution < 1.29 is 9.47 Å². The Hall–Kier alpha value is -0.700. The topological polar surface area (TPSA) is 18.5 Å². The second-order valence-electron chi connectivity index (χ2n) is 5.32. The monoisotopic (exact) mass is 326 g/mol. The van der Waals surface area contributed by atoms with E-state index >= 15 is 0 Å². The van der Waals surface area contributed by atoms with Gasteiger partial charge in [0, 0.05) is 10.9 Å². The minimum Gasteiger partial charge on any atom is -0.490 e. The summed E-state index contributed by atoms with van der Waals surface area (Å²) in [6.07, 6.45) is 5.25. The minimum atomic E-state index is 0.336. The third-order valence-electron chi connectivity index (χ3n) is 3.68. The van der Waals surface area contributed by atoms with Gasteiger partial charge in [0.25, 0.3) is 0 Å². The first-order valence-corrected chi connectivity index (χ1v) is 8.34. The van der Waals surface area contributed by atoms with Crippen molar-refractivity contribution in [1.82, 2.24) is 0 Å². The quantitative estimate of drug-likeness (QED) is 0.713. The molecule has 0 spiro atoms. The highest BCUT2D eigenvalue weighted by atomic mass is 79.9. The molecule has 1 saturated carbocycles. The minimum absolute atomic E-state index is 0.336. The number of ether oxygens (including phenoxy) is 2. The van der Waals surface area contributed by atoms with Crippen LogP contribution in [0.1, 0.15) is 45.1 Å². The normalized spacial score (nSPS) is 23.1. The number of para-hydroxylation sites is 1. The zero-order chi connectivity index (χ0) is 13.7. The van der Waals surface area contributed by atoms with E-state index in [1.165, 1.54) is 18.4 Å². The van der Waals surface area contributed by atoms with Gasteiger partial charge in [0.05, 0.1) is 12.7 Å². The summed E-state index contributed by atoms with van der Waals surface area (Å²) in [5.41, 5.74) is 1.17. The highest BCUT2D eigenvalue weighted by Crippen LogP contribution is 2.36. The maximum atomic E-state index is 6.28. The molecule has 2 unspecified atom stereocenters. The summed E-state index contributed by atoms with van der Waals surface area (Å²) >= 11 is 3.53. The lowest BCUT2D eigenvalue weighted by molar-refractivity contribution is 0.123. The van der Waals surface area contributed by atoms with Gasteiger partial charge in [-0.25, -0.2) is 0 Å². The van der Waals surface area contributed by atoms with Crippen LogP contribution >= 0.6 is 15.9 Å². The van der Waals surface area contributed by atoms with Gasteiger partial charge in [-0.2, -0.15) is 0 Å². The Kier molecular flexibility index (Phi) is 5.56. The summed E-state index contributed by atoms with van der Waals surface area (Å²) in [5.74, 6) is 2.57. The van der Waals surface area contributed by atoms with E-state index in [4.69, 9.17) is 9.47 Å². The predicted octanol–water partition coefficient (Wildman–Crippen LogP) is 4.94. The van der Waals surface area contributed by atoms with Crippen LogP contribution in [0.5, 0.6) is 11.5 Å². The Bertz CT molecular complexity index is 406. The molecule has 1 aromatic rings. The Labute approximate surface area is 124 Å². The highest BCUT2D eigenvalue weighted by Gasteiger charge is 2.22. The van der Waals surface area contributed by atoms with Crippen LogP contribution in [0.4, 0.5) is 0 Å². The molecular formula is C16H23BrO2. The van der Waals surface area contributed by atoms with E-state index in [0.29, 0.717) is 12.7 Å². The summed E-state index contributed by atoms with van der Waals surface area (Å²) in [6.45, 7) is 4.99. The molecule has 2 nitrogen and oxygen atoms in total. The molecule has 0 bridgehead atoms. The van der Waals surface area contributed by atoms with E-state index in [1.807, 2.05) is 19.1 Å². The van der Waals surface area contributed by atoms with Crippen molar-refractivity contribution in [3.05, 3.63) is 23.8 Å². The molecule has 19 heavy (non-hydrogen) atoms. The Balaban J connectivity index is 2.16. The van der Waals surface area contributed by atoms with Crippen LogP contribution in [0, 0.1) is 5.92 Å². The Morgan fingerprint density at radius 1 is 1.32 bits per heavy atom. The summed E-state index contributed by atoms with van der Waals surface area (Å²) < 4.78 is 12.0. The molecule has 1 fully saturated rings. The van der Waals surface area contributed by atoms with Gasteiger partial charge in [-0.1, -0.05) is 41.4 Å². The number of rotatable bonds is 5. The van der Waals surface area contributed by atoms with Crippen LogP contribution in [0.15, 0.2) is 18.2 Å². The van der Waals surface area contributed by atoms with Gasteiger partial charge in [0.1, 0.15) is 0 Å². The molecule has 1 aromatic carbocycles. The molecule has 1 aliphatic rings. The summed E-state index contributed by atoms with van der Waals surface area (Å²) in [5, 5.41) is 0.797. The van der Waals surface area contributed by atoms with Crippen molar-refractivity contribution >= 4 is 15.9 Å². The third-order valence-corrected chi connectivity index (χ3v) is 4.28. The molecular weight excluding hydrogens is 304 g/mol. The van der Waals surface area contributed by atoms with Crippen LogP contribution in [0.25, 0.3) is 0 Å². The van der Waals surface area contributed by atoms with Crippen LogP contribution in [-0.4, -0.2) is 12.7 Å². The molecule has 2 atom stereocenters. The second kappa shape index (κ2) is 7.18. The molecule has 0 aliphatic heterocycles. The Morgan fingerprint density at radius 3 is 2.84 bits per heavy atom. The van der Waals surface area contributed by atoms with E-state index in [9.17, 15) is 0 Å². The van der Waals surface area contributed by atoms with Crippen molar-refractivity contribution in [1.29, 1.82) is 0 Å². The van der Waals surface area contributed by atoms with E-state index < -0.39 is 0 Å². The van der Waals surface area contributed by atoms with Gasteiger partial charge in [0.2, 0.25) is 0 Å². The van der Waals surface area contributed by atoms with Crippen molar-refractivity contribution in [2.45, 2.75) is 51.0 Å². The molecule has 0 radical (unpaired) electrons. The molecule has 0 N–H and O–H groups in total. The maximum absolute atomic E-state index is 6.28. The van der Waals surface area contributed by atoms with Gasteiger partial charge in [-0.15, -0.1) is 0 Å². The number of hydrogen-bond acceptors (Lipinski definition) is 2. The van der Waals surface area contributed by atoms with Crippen LogP contribution in [0.2, 0.25) is 0 Å². The summed E-state index contributed by atoms with van der Waals surface area (Å²) in [7, 11) is 0. The molecule has 0 saturated heterocycles. The lowest BCUT2D eigenvalue weighted by atomic mass is 9.88. The first-order chi connectivity index (χ1) is 9.24. The number of halogens is 1. The van der Waals surface area contributed by atoms with E-state index in [0.717, 1.165) is 35.6 Å². The Morgan fingerprint density at radius 2 is 2.16 bits per heavy atom. The van der Waals surface area contributed by atoms with E-state index in [-0.39, 0.29) is 0 Å². The van der Waals surface area contributed by atoms with E-state index in [2.05, 4.69) is 28.9 Å². The SMILES string of the molecule is CCOc1cccc(CBr)c1OC1CCCC(C)C1. The predicted molar refractivity (Wildman–Crippen MR) is 82.3 cm³/mol. The molecule has 0 aromatic heterocycles. The maximum Gasteiger partial charge on any atom is 0.165 e. The van der Waals surface area contributed by atoms with Crippen molar-refractivity contribution in [2.24, 2.45) is 5.92 Å². The average Bonchev–Trinajstić information content (AvgIpc) is 2.41. The van der Waals surface area contributed by atoms with Crippen LogP contribution in [0.3, 0.4) is 0 Å². The number of alkyl halides is 1. The van der Waals surface area contributed by atoms with Crippen LogP contribution < -0.4 is 9.47 Å². The molecule has 2 rings (SSSR count). The number of benzene rings is 1. The molecule has 3 heteroatoms. The first kappa shape index (κ1) is 14.7. The molecule has 106 valence electrons. The van der Waals surface area contributed by atoms with Gasteiger partial charge >= 0.3 is 0 Å². The summed E-state index contributed by atoms with van der Waals surface area (Å²) in [6, 6.07) is 6.12. The molecule has 0 heterocycles. The van der Waals surface area contributed by atoms with Crippen LogP contribution in [-0.2, 0) is 5.33 Å². The standard InChI is InChI=1S/C16H23BrO2/c1-3-18-15-9-5-7-13(11-17)16(15)19-14-8-4-6-12(2)10-14/h5,7,9,12,14H,3-4,6,8,10-11H2,1-2H3.